The molecular weight excluding hydrogens is 342 g/mol. The van der Waals surface area contributed by atoms with Crippen LogP contribution in [-0.4, -0.2) is 43.5 Å². The van der Waals surface area contributed by atoms with Gasteiger partial charge in [0.1, 0.15) is 0 Å². The van der Waals surface area contributed by atoms with Gasteiger partial charge in [0.15, 0.2) is 9.84 Å². The number of hydrogen-bond acceptors (Lipinski definition) is 5. The van der Waals surface area contributed by atoms with Gasteiger partial charge in [0.25, 0.3) is 0 Å². The molecule has 1 aliphatic heterocycles. The highest BCUT2D eigenvalue weighted by Gasteiger charge is 2.31. The lowest BCUT2D eigenvalue weighted by atomic mass is 10.3. The first-order chi connectivity index (χ1) is 10.6. The van der Waals surface area contributed by atoms with Crippen molar-refractivity contribution >= 4 is 30.9 Å². The van der Waals surface area contributed by atoms with E-state index in [1.165, 1.54) is 21.3 Å². The molecule has 0 bridgehead atoms. The Morgan fingerprint density at radius 3 is 2.43 bits per heavy atom. The maximum atomic E-state index is 12.4. The van der Waals surface area contributed by atoms with Crippen molar-refractivity contribution in [3.05, 3.63) is 28.7 Å². The Balaban J connectivity index is 1.99. The third-order valence-electron chi connectivity index (χ3n) is 4.11. The van der Waals surface area contributed by atoms with E-state index in [0.29, 0.717) is 11.0 Å². The highest BCUT2D eigenvalue weighted by molar-refractivity contribution is 7.92. The summed E-state index contributed by atoms with van der Waals surface area (Å²) in [6, 6.07) is 3.78. The second-order valence-electron chi connectivity index (χ2n) is 5.77. The van der Waals surface area contributed by atoms with Gasteiger partial charge in [-0.25, -0.2) is 26.4 Å². The van der Waals surface area contributed by atoms with E-state index >= 15 is 0 Å². The molecule has 0 radical (unpaired) electrons. The third-order valence-corrected chi connectivity index (χ3v) is 7.39. The Morgan fingerprint density at radius 1 is 1.17 bits per heavy atom. The number of hydrogen-bond donors (Lipinski definition) is 1. The average Bonchev–Trinajstić information content (AvgIpc) is 2.91. The number of sulfonamides is 1. The Bertz CT molecular complexity index is 1050. The highest BCUT2D eigenvalue weighted by Crippen LogP contribution is 2.20. The number of rotatable bonds is 3. The number of aromatic nitrogens is 2. The van der Waals surface area contributed by atoms with Crippen molar-refractivity contribution < 1.29 is 16.8 Å². The molecule has 1 aromatic carbocycles. The predicted molar refractivity (Wildman–Crippen MR) is 85.5 cm³/mol. The van der Waals surface area contributed by atoms with Crippen LogP contribution in [0.2, 0.25) is 0 Å². The fraction of sp³-hybridized carbons (Fsp3) is 0.462. The monoisotopic (exact) mass is 359 g/mol. The molecular formula is C13H17N3O5S2. The summed E-state index contributed by atoms with van der Waals surface area (Å²) in [5, 5.41) is 0. The van der Waals surface area contributed by atoms with Gasteiger partial charge in [-0.1, -0.05) is 0 Å². The number of imidazole rings is 1. The van der Waals surface area contributed by atoms with Crippen LogP contribution in [0.25, 0.3) is 11.0 Å². The lowest BCUT2D eigenvalue weighted by Gasteiger charge is -2.11. The van der Waals surface area contributed by atoms with Gasteiger partial charge >= 0.3 is 5.69 Å². The minimum Gasteiger partial charge on any atom is -0.295 e. The number of nitrogens with one attached hydrogen (secondary N) is 1. The zero-order valence-electron chi connectivity index (χ0n) is 12.7. The van der Waals surface area contributed by atoms with Crippen LogP contribution in [0.4, 0.5) is 0 Å². The fourth-order valence-electron chi connectivity index (χ4n) is 2.83. The van der Waals surface area contributed by atoms with E-state index in [1.54, 1.807) is 20.2 Å². The number of fused-ring (bicyclic) bond motifs is 1. The van der Waals surface area contributed by atoms with Crippen LogP contribution in [0, 0.1) is 0 Å². The molecule has 1 unspecified atom stereocenters. The van der Waals surface area contributed by atoms with Gasteiger partial charge in [-0.2, -0.15) is 0 Å². The van der Waals surface area contributed by atoms with Crippen molar-refractivity contribution in [1.29, 1.82) is 0 Å². The first-order valence-corrected chi connectivity index (χ1v) is 10.3. The summed E-state index contributed by atoms with van der Waals surface area (Å²) < 4.78 is 53.0. The molecule has 2 heterocycles. The Morgan fingerprint density at radius 2 is 1.83 bits per heavy atom. The van der Waals surface area contributed by atoms with Crippen LogP contribution in [0.3, 0.4) is 0 Å². The Labute approximate surface area is 133 Å². The Kier molecular flexibility index (Phi) is 3.65. The molecule has 1 atom stereocenters. The van der Waals surface area contributed by atoms with Crippen LogP contribution >= 0.6 is 0 Å². The summed E-state index contributed by atoms with van der Waals surface area (Å²) in [7, 11) is -3.84. The van der Waals surface area contributed by atoms with Gasteiger partial charge in [0.2, 0.25) is 10.0 Å². The summed E-state index contributed by atoms with van der Waals surface area (Å²) in [5.41, 5.74) is 0.878. The molecule has 126 valence electrons. The summed E-state index contributed by atoms with van der Waals surface area (Å²) >= 11 is 0. The topological polar surface area (TPSA) is 107 Å². The second-order valence-corrected chi connectivity index (χ2v) is 9.72. The number of benzene rings is 1. The maximum Gasteiger partial charge on any atom is 0.328 e. The van der Waals surface area contributed by atoms with Gasteiger partial charge < -0.3 is 0 Å². The summed E-state index contributed by atoms with van der Waals surface area (Å²) in [4.78, 5) is 11.9. The van der Waals surface area contributed by atoms with E-state index in [4.69, 9.17) is 0 Å². The summed E-state index contributed by atoms with van der Waals surface area (Å²) in [5.74, 6) is -0.190. The lowest BCUT2D eigenvalue weighted by Crippen LogP contribution is -2.35. The van der Waals surface area contributed by atoms with Gasteiger partial charge in [-0.3, -0.25) is 9.13 Å². The van der Waals surface area contributed by atoms with E-state index < -0.39 is 25.9 Å². The van der Waals surface area contributed by atoms with Gasteiger partial charge in [-0.05, 0) is 24.6 Å². The zero-order chi connectivity index (χ0) is 17.0. The molecule has 1 fully saturated rings. The molecule has 1 saturated heterocycles. The summed E-state index contributed by atoms with van der Waals surface area (Å²) in [6.07, 6.45) is 0.271. The molecule has 1 N–H and O–H groups in total. The van der Waals surface area contributed by atoms with Crippen molar-refractivity contribution in [2.45, 2.75) is 17.4 Å². The van der Waals surface area contributed by atoms with Crippen molar-refractivity contribution in [3.8, 4) is 0 Å². The van der Waals surface area contributed by atoms with E-state index in [-0.39, 0.29) is 28.5 Å². The van der Waals surface area contributed by atoms with Crippen molar-refractivity contribution in [2.75, 3.05) is 11.5 Å². The van der Waals surface area contributed by atoms with Crippen LogP contribution in [0.5, 0.6) is 0 Å². The first kappa shape index (κ1) is 16.2. The van der Waals surface area contributed by atoms with Crippen molar-refractivity contribution in [3.63, 3.8) is 0 Å². The minimum absolute atomic E-state index is 0.00753. The van der Waals surface area contributed by atoms with Crippen LogP contribution in [0.15, 0.2) is 27.9 Å². The molecule has 8 nitrogen and oxygen atoms in total. The normalized spacial score (nSPS) is 21.0. The molecule has 0 spiro atoms. The van der Waals surface area contributed by atoms with Crippen LogP contribution < -0.4 is 10.4 Å². The predicted octanol–water partition coefficient (Wildman–Crippen LogP) is -0.658. The van der Waals surface area contributed by atoms with E-state index in [1.807, 2.05) is 0 Å². The molecule has 0 aliphatic carbocycles. The van der Waals surface area contributed by atoms with Crippen LogP contribution in [-0.2, 0) is 34.0 Å². The smallest absolute Gasteiger partial charge is 0.295 e. The van der Waals surface area contributed by atoms with Gasteiger partial charge in [0, 0.05) is 20.1 Å². The number of aryl methyl sites for hydroxylation is 2. The molecule has 1 aromatic heterocycles. The summed E-state index contributed by atoms with van der Waals surface area (Å²) in [6.45, 7) is 0. The minimum atomic E-state index is -3.84. The standard InChI is InChI=1S/C13H17N3O5S2/c1-15-11-4-3-10(7-12(11)16(2)13(15)17)23(20,21)14-9-5-6-22(18,19)8-9/h3-4,7,9,14H,5-6,8H2,1-2H3. The molecule has 23 heavy (non-hydrogen) atoms. The average molecular weight is 359 g/mol. The van der Waals surface area contributed by atoms with E-state index in [0.717, 1.165) is 0 Å². The molecule has 1 aliphatic rings. The second kappa shape index (κ2) is 5.18. The molecule has 3 rings (SSSR count). The van der Waals surface area contributed by atoms with E-state index in [2.05, 4.69) is 4.72 Å². The van der Waals surface area contributed by atoms with Gasteiger partial charge in [0.05, 0.1) is 27.4 Å². The molecule has 10 heteroatoms. The quantitative estimate of drug-likeness (QED) is 0.783. The fourth-order valence-corrected chi connectivity index (χ4v) is 5.90. The Hall–Kier alpha value is -1.65. The van der Waals surface area contributed by atoms with Crippen molar-refractivity contribution in [2.24, 2.45) is 14.1 Å². The van der Waals surface area contributed by atoms with Crippen molar-refractivity contribution in [1.82, 2.24) is 13.9 Å². The van der Waals surface area contributed by atoms with E-state index in [9.17, 15) is 21.6 Å². The van der Waals surface area contributed by atoms with Crippen LogP contribution in [0.1, 0.15) is 6.42 Å². The first-order valence-electron chi connectivity index (χ1n) is 6.99. The largest absolute Gasteiger partial charge is 0.328 e. The SMILES string of the molecule is Cn1c(=O)n(C)c2cc(S(=O)(=O)NC3CCS(=O)(=O)C3)ccc21. The highest BCUT2D eigenvalue weighted by atomic mass is 32.2. The molecule has 0 saturated carbocycles. The number of nitrogens with zero attached hydrogens (tertiary/aromatic N) is 2. The third kappa shape index (κ3) is 2.81. The zero-order valence-corrected chi connectivity index (χ0v) is 14.3. The molecule has 0 amide bonds. The van der Waals surface area contributed by atoms with Gasteiger partial charge in [-0.15, -0.1) is 0 Å². The lowest BCUT2D eigenvalue weighted by molar-refractivity contribution is 0.562. The molecule has 2 aromatic rings. The maximum absolute atomic E-state index is 12.4. The number of sulfone groups is 1.